The fraction of sp³-hybridized carbons (Fsp3) is 0.281. The van der Waals surface area contributed by atoms with Crippen molar-refractivity contribution in [3.8, 4) is 0 Å². The molecule has 0 spiro atoms. The number of fused-ring (bicyclic) bond motifs is 2. The fourth-order valence-electron chi connectivity index (χ4n) is 5.71. The minimum absolute atomic E-state index is 0.0225. The van der Waals surface area contributed by atoms with Crippen molar-refractivity contribution in [1.82, 2.24) is 14.4 Å². The van der Waals surface area contributed by atoms with Crippen LogP contribution < -0.4 is 4.90 Å². The zero-order chi connectivity index (χ0) is 25.2. The first-order chi connectivity index (χ1) is 18.2. The van der Waals surface area contributed by atoms with Crippen molar-refractivity contribution < 1.29 is 4.79 Å². The monoisotopic (exact) mass is 490 g/mol. The maximum atomic E-state index is 13.9. The van der Waals surface area contributed by atoms with E-state index in [4.69, 9.17) is 0 Å². The number of aromatic nitrogens is 1. The number of likely N-dealkylation sites (N-methyl/N-ethyl adjacent to an activating group) is 1. The number of para-hydroxylation sites is 2. The third-order valence-electron chi connectivity index (χ3n) is 7.78. The zero-order valence-electron chi connectivity index (χ0n) is 21.5. The Morgan fingerprint density at radius 1 is 0.838 bits per heavy atom. The van der Waals surface area contributed by atoms with Crippen LogP contribution >= 0.6 is 0 Å². The van der Waals surface area contributed by atoms with Gasteiger partial charge in [0.15, 0.2) is 0 Å². The number of carbonyl (C=O) groups is 1. The summed E-state index contributed by atoms with van der Waals surface area (Å²) in [4.78, 5) is 20.9. The van der Waals surface area contributed by atoms with Crippen molar-refractivity contribution >= 4 is 28.6 Å². The van der Waals surface area contributed by atoms with Gasteiger partial charge in [-0.1, -0.05) is 66.7 Å². The Kier molecular flexibility index (Phi) is 6.64. The number of piperazine rings is 1. The molecule has 5 heteroatoms. The van der Waals surface area contributed by atoms with Crippen LogP contribution in [0.25, 0.3) is 17.0 Å². The van der Waals surface area contributed by atoms with Crippen LogP contribution in [-0.4, -0.2) is 60.0 Å². The average molecular weight is 491 g/mol. The van der Waals surface area contributed by atoms with Gasteiger partial charge in [-0.15, -0.1) is 0 Å². The first kappa shape index (κ1) is 23.7. The lowest BCUT2D eigenvalue weighted by atomic mass is 9.96. The molecule has 37 heavy (non-hydrogen) atoms. The highest BCUT2D eigenvalue weighted by Gasteiger charge is 2.31. The Labute approximate surface area is 219 Å². The van der Waals surface area contributed by atoms with Gasteiger partial charge >= 0.3 is 0 Å². The summed E-state index contributed by atoms with van der Waals surface area (Å²) in [7, 11) is 2.20. The second-order valence-electron chi connectivity index (χ2n) is 10.2. The van der Waals surface area contributed by atoms with E-state index in [1.165, 1.54) is 16.5 Å². The lowest BCUT2D eigenvalue weighted by molar-refractivity contribution is 0.0980. The second kappa shape index (κ2) is 10.4. The van der Waals surface area contributed by atoms with E-state index in [1.807, 2.05) is 47.4 Å². The predicted octanol–water partition coefficient (Wildman–Crippen LogP) is 5.69. The Bertz CT molecular complexity index is 1420. The molecule has 0 aliphatic carbocycles. The molecule has 1 aromatic heterocycles. The summed E-state index contributed by atoms with van der Waals surface area (Å²) >= 11 is 0. The van der Waals surface area contributed by atoms with Crippen molar-refractivity contribution in [2.24, 2.45) is 0 Å². The van der Waals surface area contributed by atoms with Crippen LogP contribution in [0.5, 0.6) is 0 Å². The lowest BCUT2D eigenvalue weighted by Crippen LogP contribution is -2.44. The number of aryl methyl sites for hydroxylation is 1. The molecule has 0 saturated carbocycles. The molecule has 2 aliphatic rings. The maximum absolute atomic E-state index is 13.9. The smallest absolute Gasteiger partial charge is 0.259 e. The Hall–Kier alpha value is -3.67. The largest absolute Gasteiger partial charge is 0.347 e. The molecule has 3 aromatic carbocycles. The summed E-state index contributed by atoms with van der Waals surface area (Å²) in [5.41, 5.74) is 5.13. The maximum Gasteiger partial charge on any atom is 0.259 e. The van der Waals surface area contributed by atoms with E-state index in [9.17, 15) is 4.79 Å². The number of amides is 1. The third kappa shape index (κ3) is 4.73. The van der Waals surface area contributed by atoms with E-state index in [0.29, 0.717) is 5.56 Å². The second-order valence-corrected chi connectivity index (χ2v) is 10.2. The van der Waals surface area contributed by atoms with Gasteiger partial charge < -0.3 is 14.4 Å². The highest BCUT2D eigenvalue weighted by Crippen LogP contribution is 2.40. The van der Waals surface area contributed by atoms with Crippen LogP contribution in [0.15, 0.2) is 91.1 Å². The molecule has 0 N–H and O–H groups in total. The van der Waals surface area contributed by atoms with E-state index in [2.05, 4.69) is 76.2 Å². The van der Waals surface area contributed by atoms with Gasteiger partial charge in [-0.05, 0) is 49.8 Å². The summed E-state index contributed by atoms with van der Waals surface area (Å²) in [6, 6.07) is 26.2. The van der Waals surface area contributed by atoms with E-state index in [-0.39, 0.29) is 11.9 Å². The van der Waals surface area contributed by atoms with Crippen molar-refractivity contribution in [1.29, 1.82) is 0 Å². The van der Waals surface area contributed by atoms with Crippen molar-refractivity contribution in [2.45, 2.75) is 19.0 Å². The van der Waals surface area contributed by atoms with Gasteiger partial charge in [-0.2, -0.15) is 0 Å². The molecular weight excluding hydrogens is 456 g/mol. The van der Waals surface area contributed by atoms with E-state index in [0.717, 1.165) is 56.9 Å². The van der Waals surface area contributed by atoms with E-state index < -0.39 is 0 Å². The quantitative estimate of drug-likeness (QED) is 0.348. The van der Waals surface area contributed by atoms with Crippen LogP contribution in [0.2, 0.25) is 0 Å². The Balaban J connectivity index is 1.33. The van der Waals surface area contributed by atoms with Crippen LogP contribution in [0.4, 0.5) is 5.69 Å². The molecule has 1 saturated heterocycles. The lowest BCUT2D eigenvalue weighted by Gasteiger charge is -2.34. The first-order valence-electron chi connectivity index (χ1n) is 13.3. The van der Waals surface area contributed by atoms with Gasteiger partial charge in [0.1, 0.15) is 0 Å². The minimum atomic E-state index is -0.175. The summed E-state index contributed by atoms with van der Waals surface area (Å²) < 4.78 is 2.39. The molecule has 188 valence electrons. The van der Waals surface area contributed by atoms with Crippen LogP contribution in [0.3, 0.4) is 0 Å². The van der Waals surface area contributed by atoms with Gasteiger partial charge in [0.2, 0.25) is 0 Å². The molecule has 1 amide bonds. The number of nitrogens with zero attached hydrogens (tertiary/aromatic N) is 4. The minimum Gasteiger partial charge on any atom is -0.347 e. The first-order valence-corrected chi connectivity index (χ1v) is 13.3. The van der Waals surface area contributed by atoms with Gasteiger partial charge in [0.25, 0.3) is 5.91 Å². The van der Waals surface area contributed by atoms with Gasteiger partial charge in [-0.3, -0.25) is 9.69 Å². The molecule has 1 unspecified atom stereocenters. The highest BCUT2D eigenvalue weighted by atomic mass is 16.2. The number of hydrogen-bond donors (Lipinski definition) is 0. The van der Waals surface area contributed by atoms with Crippen molar-refractivity contribution in [3.05, 3.63) is 108 Å². The molecule has 3 heterocycles. The molecule has 2 aliphatic heterocycles. The summed E-state index contributed by atoms with van der Waals surface area (Å²) in [6.07, 6.45) is 7.73. The molecule has 1 atom stereocenters. The highest BCUT2D eigenvalue weighted by molar-refractivity contribution is 6.09. The van der Waals surface area contributed by atoms with Crippen LogP contribution in [0.1, 0.15) is 33.9 Å². The topological polar surface area (TPSA) is 31.7 Å². The number of hydrogen-bond acceptors (Lipinski definition) is 3. The molecule has 1 fully saturated rings. The molecule has 5 nitrogen and oxygen atoms in total. The van der Waals surface area contributed by atoms with Crippen molar-refractivity contribution in [3.63, 3.8) is 0 Å². The standard InChI is InChI=1S/C32H34N4O/c1-33-20-22-34(23-21-33)18-9-19-35-24-28(27-13-6-8-15-30(27)35)31-17-16-25-10-5-7-14-29(25)36(31)32(37)26-11-3-2-4-12-26/h2-8,10-17,24,31H,9,18-23H2,1H3. The van der Waals surface area contributed by atoms with Gasteiger partial charge in [0, 0.05) is 61.0 Å². The average Bonchev–Trinajstić information content (AvgIpc) is 3.32. The molecular formula is C32H34N4O. The number of anilines is 1. The van der Waals surface area contributed by atoms with Crippen LogP contribution in [-0.2, 0) is 6.54 Å². The van der Waals surface area contributed by atoms with E-state index in [1.54, 1.807) is 0 Å². The third-order valence-corrected chi connectivity index (χ3v) is 7.78. The number of rotatable bonds is 6. The Morgan fingerprint density at radius 3 is 2.41 bits per heavy atom. The van der Waals surface area contributed by atoms with E-state index >= 15 is 0 Å². The number of benzene rings is 3. The number of carbonyl (C=O) groups excluding carboxylic acids is 1. The van der Waals surface area contributed by atoms with Gasteiger partial charge in [-0.25, -0.2) is 0 Å². The molecule has 0 radical (unpaired) electrons. The summed E-state index contributed by atoms with van der Waals surface area (Å²) in [6.45, 7) is 6.68. The molecule has 4 aromatic rings. The van der Waals surface area contributed by atoms with Crippen molar-refractivity contribution in [2.75, 3.05) is 44.7 Å². The fourth-order valence-corrected chi connectivity index (χ4v) is 5.71. The van der Waals surface area contributed by atoms with Gasteiger partial charge in [0.05, 0.1) is 11.7 Å². The predicted molar refractivity (Wildman–Crippen MR) is 152 cm³/mol. The Morgan fingerprint density at radius 2 is 1.57 bits per heavy atom. The zero-order valence-corrected chi connectivity index (χ0v) is 21.5. The summed E-state index contributed by atoms with van der Waals surface area (Å²) in [5.74, 6) is 0.0225. The molecule has 6 rings (SSSR count). The normalized spacial score (nSPS) is 18.3. The molecule has 0 bridgehead atoms. The SMILES string of the molecule is CN1CCN(CCCn2cc(C3C=Cc4ccccc4N3C(=O)c3ccccc3)c3ccccc32)CC1. The van der Waals surface area contributed by atoms with Crippen LogP contribution in [0, 0.1) is 0 Å². The summed E-state index contributed by atoms with van der Waals surface area (Å²) in [5, 5.41) is 1.21.